The number of nitrogens with zero attached hydrogens (tertiary/aromatic N) is 1. The Morgan fingerprint density at radius 1 is 1.06 bits per heavy atom. The van der Waals surface area contributed by atoms with Crippen LogP contribution >= 0.6 is 0 Å². The highest BCUT2D eigenvalue weighted by Crippen LogP contribution is 2.27. The van der Waals surface area contributed by atoms with Crippen LogP contribution in [0.4, 0.5) is 11.4 Å². The lowest BCUT2D eigenvalue weighted by Gasteiger charge is -2.28. The smallest absolute Gasteiger partial charge is 0.305 e. The summed E-state index contributed by atoms with van der Waals surface area (Å²) in [5.41, 5.74) is 6.86. The summed E-state index contributed by atoms with van der Waals surface area (Å²) in [6.45, 7) is -0.590. The SMILES string of the molecule is Nc1ccc2c(c1)C(=O)N(CC(=O)N[C@H](CC(=O)O)c1ccccc1)[C@@H](CCC(=O)O)C(=O)N2. The molecule has 3 amide bonds. The molecule has 0 fully saturated rings. The fourth-order valence-electron chi connectivity index (χ4n) is 3.74. The number of carboxylic acid groups (broad SMARTS) is 2. The van der Waals surface area contributed by atoms with Gasteiger partial charge in [-0.05, 0) is 30.2 Å². The fraction of sp³-hybridized carbons (Fsp3) is 0.261. The highest BCUT2D eigenvalue weighted by Gasteiger charge is 2.37. The van der Waals surface area contributed by atoms with Crippen molar-refractivity contribution in [1.29, 1.82) is 0 Å². The lowest BCUT2D eigenvalue weighted by atomic mass is 10.0. The van der Waals surface area contributed by atoms with Gasteiger partial charge in [0, 0.05) is 12.1 Å². The Bertz CT molecular complexity index is 1120. The Kier molecular flexibility index (Phi) is 7.46. The van der Waals surface area contributed by atoms with E-state index in [1.54, 1.807) is 30.3 Å². The quantitative estimate of drug-likeness (QED) is 0.341. The number of nitrogens with one attached hydrogen (secondary N) is 2. The molecule has 0 aliphatic carbocycles. The van der Waals surface area contributed by atoms with Gasteiger partial charge in [0.25, 0.3) is 5.91 Å². The summed E-state index contributed by atoms with van der Waals surface area (Å²) in [7, 11) is 0. The summed E-state index contributed by atoms with van der Waals surface area (Å²) in [6.07, 6.45) is -1.03. The molecule has 0 bridgehead atoms. The second-order valence-corrected chi connectivity index (χ2v) is 7.80. The van der Waals surface area contributed by atoms with Crippen LogP contribution in [0.1, 0.15) is 41.2 Å². The van der Waals surface area contributed by atoms with E-state index in [4.69, 9.17) is 10.8 Å². The van der Waals surface area contributed by atoms with Gasteiger partial charge in [0.05, 0.1) is 23.7 Å². The fourth-order valence-corrected chi connectivity index (χ4v) is 3.74. The van der Waals surface area contributed by atoms with Crippen molar-refractivity contribution >= 4 is 41.0 Å². The van der Waals surface area contributed by atoms with E-state index in [1.807, 2.05) is 0 Å². The maximum absolute atomic E-state index is 13.3. The number of carbonyl (C=O) groups is 5. The van der Waals surface area contributed by atoms with Crippen LogP contribution in [0, 0.1) is 0 Å². The molecule has 0 aromatic heterocycles. The number of fused-ring (bicyclic) bond motifs is 1. The Hall–Kier alpha value is -4.41. The van der Waals surface area contributed by atoms with Crippen molar-refractivity contribution in [2.24, 2.45) is 0 Å². The number of benzene rings is 2. The van der Waals surface area contributed by atoms with Gasteiger partial charge in [-0.1, -0.05) is 30.3 Å². The molecule has 0 saturated carbocycles. The number of rotatable bonds is 9. The second-order valence-electron chi connectivity index (χ2n) is 7.80. The molecule has 2 aromatic carbocycles. The summed E-state index contributed by atoms with van der Waals surface area (Å²) >= 11 is 0. The zero-order valence-electron chi connectivity index (χ0n) is 18.1. The number of carboxylic acids is 2. The van der Waals surface area contributed by atoms with E-state index in [0.29, 0.717) is 5.56 Å². The second kappa shape index (κ2) is 10.5. The minimum atomic E-state index is -1.24. The van der Waals surface area contributed by atoms with Crippen molar-refractivity contribution in [2.75, 3.05) is 17.6 Å². The predicted molar refractivity (Wildman–Crippen MR) is 121 cm³/mol. The maximum atomic E-state index is 13.3. The lowest BCUT2D eigenvalue weighted by molar-refractivity contribution is -0.138. The number of carbonyl (C=O) groups excluding carboxylic acids is 3. The minimum absolute atomic E-state index is 0.0594. The van der Waals surface area contributed by atoms with E-state index in [9.17, 15) is 29.1 Å². The molecule has 1 aliphatic heterocycles. The van der Waals surface area contributed by atoms with Crippen molar-refractivity contribution in [3.63, 3.8) is 0 Å². The Balaban J connectivity index is 1.89. The van der Waals surface area contributed by atoms with E-state index in [-0.39, 0.29) is 23.4 Å². The zero-order chi connectivity index (χ0) is 24.8. The van der Waals surface area contributed by atoms with Crippen LogP contribution in [0.25, 0.3) is 0 Å². The predicted octanol–water partition coefficient (Wildman–Crippen LogP) is 1.23. The molecule has 3 rings (SSSR count). The molecule has 2 atom stereocenters. The average Bonchev–Trinajstić information content (AvgIpc) is 2.87. The standard InChI is InChI=1S/C23H24N4O7/c24-14-6-7-16-15(10-14)23(34)27(18(22(33)26-16)8-9-20(29)30)12-19(28)25-17(11-21(31)32)13-4-2-1-3-5-13/h1-7,10,17-18H,8-9,11-12,24H2,(H,25,28)(H,26,33)(H,29,30)(H,31,32)/t17-,18+/m1/s1. The molecule has 0 radical (unpaired) electrons. The number of nitrogen functional groups attached to an aromatic ring is 1. The van der Waals surface area contributed by atoms with Crippen LogP contribution in [0.15, 0.2) is 48.5 Å². The highest BCUT2D eigenvalue weighted by molar-refractivity contribution is 6.11. The largest absolute Gasteiger partial charge is 0.481 e. The molecular formula is C23H24N4O7. The van der Waals surface area contributed by atoms with Gasteiger partial charge >= 0.3 is 11.9 Å². The number of hydrogen-bond acceptors (Lipinski definition) is 6. The van der Waals surface area contributed by atoms with E-state index in [0.717, 1.165) is 4.90 Å². The van der Waals surface area contributed by atoms with Crippen molar-refractivity contribution in [2.45, 2.75) is 31.3 Å². The van der Waals surface area contributed by atoms with Crippen molar-refractivity contribution in [1.82, 2.24) is 10.2 Å². The van der Waals surface area contributed by atoms with E-state index in [1.165, 1.54) is 18.2 Å². The lowest BCUT2D eigenvalue weighted by Crippen LogP contribution is -2.50. The third-order valence-electron chi connectivity index (χ3n) is 5.33. The van der Waals surface area contributed by atoms with Crippen molar-refractivity contribution in [3.05, 3.63) is 59.7 Å². The summed E-state index contributed by atoms with van der Waals surface area (Å²) < 4.78 is 0. The summed E-state index contributed by atoms with van der Waals surface area (Å²) in [5.74, 6) is -4.33. The first-order chi connectivity index (χ1) is 16.2. The first-order valence-electron chi connectivity index (χ1n) is 10.4. The van der Waals surface area contributed by atoms with Gasteiger partial charge < -0.3 is 31.5 Å². The van der Waals surface area contributed by atoms with Crippen LogP contribution < -0.4 is 16.4 Å². The van der Waals surface area contributed by atoms with E-state index < -0.39 is 61.1 Å². The van der Waals surface area contributed by atoms with Crippen LogP contribution in [0.3, 0.4) is 0 Å². The van der Waals surface area contributed by atoms with E-state index >= 15 is 0 Å². The summed E-state index contributed by atoms with van der Waals surface area (Å²) in [6, 6.07) is 10.7. The van der Waals surface area contributed by atoms with Crippen molar-refractivity contribution in [3.8, 4) is 0 Å². The van der Waals surface area contributed by atoms with E-state index in [2.05, 4.69) is 10.6 Å². The number of nitrogens with two attached hydrogens (primary N) is 1. The number of hydrogen-bond donors (Lipinski definition) is 5. The Morgan fingerprint density at radius 3 is 2.41 bits per heavy atom. The van der Waals surface area contributed by atoms with Gasteiger partial charge in [0.1, 0.15) is 12.6 Å². The van der Waals surface area contributed by atoms with Gasteiger partial charge in [-0.2, -0.15) is 0 Å². The molecule has 1 heterocycles. The molecule has 0 unspecified atom stereocenters. The Labute approximate surface area is 194 Å². The van der Waals surface area contributed by atoms with Gasteiger partial charge in [0.2, 0.25) is 11.8 Å². The van der Waals surface area contributed by atoms with Gasteiger partial charge in [-0.25, -0.2) is 0 Å². The first-order valence-corrected chi connectivity index (χ1v) is 10.4. The molecular weight excluding hydrogens is 444 g/mol. The molecule has 11 nitrogen and oxygen atoms in total. The molecule has 34 heavy (non-hydrogen) atoms. The molecule has 178 valence electrons. The molecule has 11 heteroatoms. The molecule has 1 aliphatic rings. The molecule has 2 aromatic rings. The van der Waals surface area contributed by atoms with Crippen LogP contribution in [0.5, 0.6) is 0 Å². The summed E-state index contributed by atoms with van der Waals surface area (Å²) in [5, 5.41) is 23.5. The van der Waals surface area contributed by atoms with Crippen LogP contribution in [-0.2, 0) is 19.2 Å². The van der Waals surface area contributed by atoms with Gasteiger partial charge in [-0.15, -0.1) is 0 Å². The highest BCUT2D eigenvalue weighted by atomic mass is 16.4. The topological polar surface area (TPSA) is 179 Å². The van der Waals surface area contributed by atoms with Gasteiger partial charge in [-0.3, -0.25) is 24.0 Å². The monoisotopic (exact) mass is 468 g/mol. The average molecular weight is 468 g/mol. The van der Waals surface area contributed by atoms with Crippen LogP contribution in [-0.4, -0.2) is 57.4 Å². The van der Waals surface area contributed by atoms with Crippen molar-refractivity contribution < 1.29 is 34.2 Å². The normalized spacial score (nSPS) is 16.1. The van der Waals surface area contributed by atoms with Gasteiger partial charge in [0.15, 0.2) is 0 Å². The Morgan fingerprint density at radius 2 is 1.76 bits per heavy atom. The first kappa shape index (κ1) is 24.2. The third-order valence-corrected chi connectivity index (χ3v) is 5.33. The number of anilines is 2. The third kappa shape index (κ3) is 5.88. The zero-order valence-corrected chi connectivity index (χ0v) is 18.1. The minimum Gasteiger partial charge on any atom is -0.481 e. The molecule has 0 saturated heterocycles. The number of amides is 3. The molecule has 6 N–H and O–H groups in total. The van der Waals surface area contributed by atoms with Crippen LogP contribution in [0.2, 0.25) is 0 Å². The molecule has 0 spiro atoms. The maximum Gasteiger partial charge on any atom is 0.305 e. The number of aliphatic carboxylic acids is 2. The summed E-state index contributed by atoms with van der Waals surface area (Å²) in [4.78, 5) is 62.6.